The Morgan fingerprint density at radius 1 is 1.26 bits per heavy atom. The molecule has 0 bridgehead atoms. The van der Waals surface area contributed by atoms with E-state index in [1.165, 1.54) is 41.2 Å². The van der Waals surface area contributed by atoms with Crippen molar-refractivity contribution >= 4 is 17.6 Å². The van der Waals surface area contributed by atoms with Crippen LogP contribution in [0.3, 0.4) is 0 Å². The Morgan fingerprint density at radius 2 is 1.95 bits per heavy atom. The van der Waals surface area contributed by atoms with E-state index in [4.69, 9.17) is 5.11 Å². The van der Waals surface area contributed by atoms with Crippen molar-refractivity contribution in [1.82, 2.24) is 9.78 Å². The first kappa shape index (κ1) is 12.7. The lowest BCUT2D eigenvalue weighted by molar-refractivity contribution is -0.116. The number of rotatable bonds is 4. The third-order valence-corrected chi connectivity index (χ3v) is 2.29. The summed E-state index contributed by atoms with van der Waals surface area (Å²) in [5, 5.41) is 14.9. The molecule has 0 atom stereocenters. The van der Waals surface area contributed by atoms with Crippen molar-refractivity contribution in [3.8, 4) is 0 Å². The maximum absolute atomic E-state index is 12.7. The van der Waals surface area contributed by atoms with Gasteiger partial charge in [-0.1, -0.05) is 0 Å². The summed E-state index contributed by atoms with van der Waals surface area (Å²) in [4.78, 5) is 22.2. The second-order valence-electron chi connectivity index (χ2n) is 3.76. The van der Waals surface area contributed by atoms with Gasteiger partial charge in [0, 0.05) is 11.9 Å². The number of carbonyl (C=O) groups is 2. The Morgan fingerprint density at radius 3 is 2.53 bits per heavy atom. The lowest BCUT2D eigenvalue weighted by Gasteiger charge is -2.05. The maximum atomic E-state index is 12.7. The fraction of sp³-hybridized carbons (Fsp3) is 0.0833. The largest absolute Gasteiger partial charge is 0.476 e. The summed E-state index contributed by atoms with van der Waals surface area (Å²) in [5.41, 5.74) is 0.326. The van der Waals surface area contributed by atoms with Gasteiger partial charge < -0.3 is 10.4 Å². The van der Waals surface area contributed by atoms with Crippen LogP contribution in [0.5, 0.6) is 0 Å². The Balaban J connectivity index is 1.97. The number of hydrogen-bond donors (Lipinski definition) is 2. The van der Waals surface area contributed by atoms with Crippen molar-refractivity contribution < 1.29 is 19.1 Å². The van der Waals surface area contributed by atoms with E-state index in [0.29, 0.717) is 5.69 Å². The summed E-state index contributed by atoms with van der Waals surface area (Å²) in [6.45, 7) is -0.120. The average Bonchev–Trinajstić information content (AvgIpc) is 2.80. The van der Waals surface area contributed by atoms with E-state index >= 15 is 0 Å². The zero-order valence-electron chi connectivity index (χ0n) is 9.71. The molecule has 98 valence electrons. The zero-order valence-corrected chi connectivity index (χ0v) is 9.71. The minimum atomic E-state index is -1.15. The number of amides is 1. The number of carboxylic acid groups (broad SMARTS) is 1. The van der Waals surface area contributed by atoms with E-state index in [0.717, 1.165) is 0 Å². The molecule has 0 aliphatic rings. The van der Waals surface area contributed by atoms with E-state index in [1.807, 2.05) is 0 Å². The maximum Gasteiger partial charge on any atom is 0.356 e. The molecule has 2 N–H and O–H groups in total. The predicted octanol–water partition coefficient (Wildman–Crippen LogP) is 1.36. The molecule has 0 saturated heterocycles. The summed E-state index contributed by atoms with van der Waals surface area (Å²) in [6.07, 6.45) is 1.40. The molecular weight excluding hydrogens is 253 g/mol. The van der Waals surface area contributed by atoms with Crippen LogP contribution in [0.4, 0.5) is 10.1 Å². The number of aromatic carboxylic acids is 1. The standard InChI is InChI=1S/C12H10FN3O3/c13-8-1-3-9(4-2-8)14-11(17)7-16-6-5-10(15-16)12(18)19/h1-6H,7H2,(H,14,17)(H,18,19). The van der Waals surface area contributed by atoms with E-state index in [1.54, 1.807) is 0 Å². The molecule has 0 aliphatic heterocycles. The van der Waals surface area contributed by atoms with Crippen LogP contribution >= 0.6 is 0 Å². The molecule has 1 aromatic heterocycles. The number of hydrogen-bond acceptors (Lipinski definition) is 3. The molecule has 0 aliphatic carbocycles. The summed E-state index contributed by atoms with van der Waals surface area (Å²) in [6, 6.07) is 6.61. The molecule has 19 heavy (non-hydrogen) atoms. The number of aromatic nitrogens is 2. The van der Waals surface area contributed by atoms with Crippen molar-refractivity contribution in [1.29, 1.82) is 0 Å². The minimum Gasteiger partial charge on any atom is -0.476 e. The molecule has 0 saturated carbocycles. The summed E-state index contributed by atoms with van der Waals surface area (Å²) < 4.78 is 13.9. The highest BCUT2D eigenvalue weighted by atomic mass is 19.1. The second-order valence-corrected chi connectivity index (χ2v) is 3.76. The van der Waals surface area contributed by atoms with Crippen LogP contribution in [0.25, 0.3) is 0 Å². The van der Waals surface area contributed by atoms with E-state index in [9.17, 15) is 14.0 Å². The van der Waals surface area contributed by atoms with E-state index < -0.39 is 11.8 Å². The van der Waals surface area contributed by atoms with Crippen LogP contribution in [-0.4, -0.2) is 26.8 Å². The molecule has 7 heteroatoms. The Bertz CT molecular complexity index is 607. The van der Waals surface area contributed by atoms with Gasteiger partial charge in [-0.2, -0.15) is 5.10 Å². The monoisotopic (exact) mass is 263 g/mol. The normalized spacial score (nSPS) is 10.2. The molecular formula is C12H10FN3O3. The van der Waals surface area contributed by atoms with Crippen LogP contribution in [-0.2, 0) is 11.3 Å². The molecule has 0 unspecified atom stereocenters. The highest BCUT2D eigenvalue weighted by Gasteiger charge is 2.09. The zero-order chi connectivity index (χ0) is 13.8. The summed E-state index contributed by atoms with van der Waals surface area (Å²) in [5.74, 6) is -1.93. The second kappa shape index (κ2) is 5.30. The van der Waals surface area contributed by atoms with Gasteiger partial charge in [0.05, 0.1) is 0 Å². The van der Waals surface area contributed by atoms with Crippen LogP contribution in [0.1, 0.15) is 10.5 Å². The molecule has 1 heterocycles. The van der Waals surface area contributed by atoms with Gasteiger partial charge in [-0.05, 0) is 30.3 Å². The van der Waals surface area contributed by atoms with Crippen molar-refractivity contribution in [2.24, 2.45) is 0 Å². The molecule has 0 radical (unpaired) electrons. The molecule has 6 nitrogen and oxygen atoms in total. The Kier molecular flexibility index (Phi) is 3.56. The van der Waals surface area contributed by atoms with Crippen molar-refractivity contribution in [3.63, 3.8) is 0 Å². The number of benzene rings is 1. The van der Waals surface area contributed by atoms with Crippen molar-refractivity contribution in [2.45, 2.75) is 6.54 Å². The third kappa shape index (κ3) is 3.38. The molecule has 2 aromatic rings. The van der Waals surface area contributed by atoms with Gasteiger partial charge in [-0.3, -0.25) is 9.48 Å². The van der Waals surface area contributed by atoms with Gasteiger partial charge in [0.2, 0.25) is 5.91 Å². The molecule has 1 amide bonds. The number of nitrogens with zero attached hydrogens (tertiary/aromatic N) is 2. The Labute approximate surface area is 107 Å². The SMILES string of the molecule is O=C(Cn1ccc(C(=O)O)n1)Nc1ccc(F)cc1. The topological polar surface area (TPSA) is 84.2 Å². The smallest absolute Gasteiger partial charge is 0.356 e. The van der Waals surface area contributed by atoms with Gasteiger partial charge in [0.1, 0.15) is 12.4 Å². The van der Waals surface area contributed by atoms with Crippen LogP contribution in [0.2, 0.25) is 0 Å². The molecule has 0 spiro atoms. The summed E-state index contributed by atoms with van der Waals surface area (Å²) in [7, 11) is 0. The number of nitrogens with one attached hydrogen (secondary N) is 1. The van der Waals surface area contributed by atoms with Gasteiger partial charge in [0.15, 0.2) is 5.69 Å². The number of carboxylic acids is 1. The summed E-state index contributed by atoms with van der Waals surface area (Å²) >= 11 is 0. The van der Waals surface area contributed by atoms with Gasteiger partial charge in [0.25, 0.3) is 0 Å². The quantitative estimate of drug-likeness (QED) is 0.872. The van der Waals surface area contributed by atoms with Gasteiger partial charge in [-0.25, -0.2) is 9.18 Å². The molecule has 0 fully saturated rings. The van der Waals surface area contributed by atoms with Crippen LogP contribution in [0.15, 0.2) is 36.5 Å². The number of carbonyl (C=O) groups excluding carboxylic acids is 1. The first-order valence-electron chi connectivity index (χ1n) is 5.37. The predicted molar refractivity (Wildman–Crippen MR) is 64.2 cm³/mol. The van der Waals surface area contributed by atoms with Crippen LogP contribution < -0.4 is 5.32 Å². The van der Waals surface area contributed by atoms with E-state index in [2.05, 4.69) is 10.4 Å². The minimum absolute atomic E-state index is 0.120. The first-order chi connectivity index (χ1) is 9.04. The van der Waals surface area contributed by atoms with Crippen LogP contribution in [0, 0.1) is 5.82 Å². The first-order valence-corrected chi connectivity index (χ1v) is 5.37. The lowest BCUT2D eigenvalue weighted by Crippen LogP contribution is -2.19. The molecule has 1 aromatic carbocycles. The fourth-order valence-corrected chi connectivity index (χ4v) is 1.44. The third-order valence-electron chi connectivity index (χ3n) is 2.29. The Hall–Kier alpha value is -2.70. The highest BCUT2D eigenvalue weighted by Crippen LogP contribution is 2.08. The van der Waals surface area contributed by atoms with Gasteiger partial charge in [-0.15, -0.1) is 0 Å². The van der Waals surface area contributed by atoms with Crippen molar-refractivity contribution in [3.05, 3.63) is 48.0 Å². The van der Waals surface area contributed by atoms with Gasteiger partial charge >= 0.3 is 5.97 Å². The fourth-order valence-electron chi connectivity index (χ4n) is 1.44. The average molecular weight is 263 g/mol. The number of halogens is 1. The lowest BCUT2D eigenvalue weighted by atomic mass is 10.3. The van der Waals surface area contributed by atoms with E-state index in [-0.39, 0.29) is 18.1 Å². The molecule has 2 rings (SSSR count). The highest BCUT2D eigenvalue weighted by molar-refractivity contribution is 5.90. The number of anilines is 1. The van der Waals surface area contributed by atoms with Crippen molar-refractivity contribution in [2.75, 3.05) is 5.32 Å².